The molecule has 0 spiro atoms. The second kappa shape index (κ2) is 6.15. The van der Waals surface area contributed by atoms with E-state index < -0.39 is 10.0 Å². The minimum atomic E-state index is -3.28. The van der Waals surface area contributed by atoms with Crippen LogP contribution in [0.4, 0.5) is 5.95 Å². The summed E-state index contributed by atoms with van der Waals surface area (Å²) < 4.78 is 32.8. The molecule has 0 atom stereocenters. The fourth-order valence-corrected chi connectivity index (χ4v) is 3.57. The van der Waals surface area contributed by atoms with Gasteiger partial charge in [0.1, 0.15) is 5.52 Å². The first-order valence-corrected chi connectivity index (χ1v) is 8.61. The quantitative estimate of drug-likeness (QED) is 0.785. The molecule has 1 saturated heterocycles. The summed E-state index contributed by atoms with van der Waals surface area (Å²) in [5, 5.41) is 2.93. The monoisotopic (exact) mass is 326 g/mol. The summed E-state index contributed by atoms with van der Waals surface area (Å²) in [5.74, 6) is 0.375. The zero-order valence-electron chi connectivity index (χ0n) is 12.3. The lowest BCUT2D eigenvalue weighted by Crippen LogP contribution is -2.42. The van der Waals surface area contributed by atoms with Crippen LogP contribution in [0.15, 0.2) is 12.5 Å². The third-order valence-electron chi connectivity index (χ3n) is 3.49. The van der Waals surface area contributed by atoms with E-state index in [-0.39, 0.29) is 12.3 Å². The summed E-state index contributed by atoms with van der Waals surface area (Å²) in [6.45, 7) is 1.98. The molecule has 10 heteroatoms. The minimum absolute atomic E-state index is 0.00336. The van der Waals surface area contributed by atoms with Crippen molar-refractivity contribution in [1.82, 2.24) is 23.8 Å². The topological polar surface area (TPSA) is 102 Å². The number of sulfonamides is 1. The Balaban J connectivity index is 1.59. The van der Waals surface area contributed by atoms with E-state index in [0.717, 1.165) is 5.52 Å². The SMILES string of the molecule is Cn1cnc2nc(NCCS(=O)(=O)N3CCOCC3)ncc21. The van der Waals surface area contributed by atoms with Gasteiger partial charge in [-0.15, -0.1) is 0 Å². The van der Waals surface area contributed by atoms with E-state index in [2.05, 4.69) is 20.3 Å². The molecular weight excluding hydrogens is 308 g/mol. The van der Waals surface area contributed by atoms with E-state index in [1.54, 1.807) is 12.5 Å². The van der Waals surface area contributed by atoms with Crippen LogP contribution >= 0.6 is 0 Å². The number of morpholine rings is 1. The van der Waals surface area contributed by atoms with Crippen molar-refractivity contribution in [3.63, 3.8) is 0 Å². The lowest BCUT2D eigenvalue weighted by Gasteiger charge is -2.26. The number of ether oxygens (including phenoxy) is 1. The molecule has 0 aliphatic carbocycles. The Kier molecular flexibility index (Phi) is 4.23. The molecule has 120 valence electrons. The van der Waals surface area contributed by atoms with Crippen LogP contribution < -0.4 is 5.32 Å². The molecule has 0 amide bonds. The Morgan fingerprint density at radius 1 is 1.32 bits per heavy atom. The van der Waals surface area contributed by atoms with E-state index in [0.29, 0.717) is 37.9 Å². The standard InChI is InChI=1S/C12H18N6O3S/c1-17-9-15-11-10(17)8-14-12(16-11)13-2-7-22(19,20)18-3-5-21-6-4-18/h8-9H,2-7H2,1H3,(H,13,14,16). The molecule has 1 fully saturated rings. The fourth-order valence-electron chi connectivity index (χ4n) is 2.24. The molecule has 0 bridgehead atoms. The van der Waals surface area contributed by atoms with Crippen molar-refractivity contribution < 1.29 is 13.2 Å². The lowest BCUT2D eigenvalue weighted by atomic mass is 10.5. The highest BCUT2D eigenvalue weighted by Crippen LogP contribution is 2.10. The van der Waals surface area contributed by atoms with Crippen LogP contribution in [0.2, 0.25) is 0 Å². The maximum atomic E-state index is 12.2. The van der Waals surface area contributed by atoms with E-state index in [1.807, 2.05) is 11.6 Å². The van der Waals surface area contributed by atoms with Gasteiger partial charge in [0.2, 0.25) is 16.0 Å². The highest BCUT2D eigenvalue weighted by Gasteiger charge is 2.23. The molecule has 2 aromatic rings. The van der Waals surface area contributed by atoms with Gasteiger partial charge >= 0.3 is 0 Å². The van der Waals surface area contributed by atoms with Crippen molar-refractivity contribution in [2.24, 2.45) is 7.05 Å². The molecule has 3 rings (SSSR count). The zero-order valence-corrected chi connectivity index (χ0v) is 13.1. The number of hydrogen-bond donors (Lipinski definition) is 1. The van der Waals surface area contributed by atoms with Crippen LogP contribution in [0.1, 0.15) is 0 Å². The molecular formula is C12H18N6O3S. The maximum absolute atomic E-state index is 12.2. The summed E-state index contributed by atoms with van der Waals surface area (Å²) >= 11 is 0. The summed E-state index contributed by atoms with van der Waals surface area (Å²) in [4.78, 5) is 12.5. The Hall–Kier alpha value is -1.78. The Labute approximate surface area is 128 Å². The normalized spacial score (nSPS) is 17.0. The van der Waals surface area contributed by atoms with Gasteiger partial charge in [-0.25, -0.2) is 18.4 Å². The van der Waals surface area contributed by atoms with E-state index in [4.69, 9.17) is 4.74 Å². The highest BCUT2D eigenvalue weighted by molar-refractivity contribution is 7.89. The molecule has 0 radical (unpaired) electrons. The van der Waals surface area contributed by atoms with Crippen molar-refractivity contribution in [2.45, 2.75) is 0 Å². The minimum Gasteiger partial charge on any atom is -0.379 e. The van der Waals surface area contributed by atoms with Gasteiger partial charge in [-0.05, 0) is 0 Å². The van der Waals surface area contributed by atoms with Crippen molar-refractivity contribution in [2.75, 3.05) is 43.9 Å². The predicted octanol–water partition coefficient (Wildman–Crippen LogP) is -0.563. The van der Waals surface area contributed by atoms with Crippen molar-refractivity contribution in [3.05, 3.63) is 12.5 Å². The maximum Gasteiger partial charge on any atom is 0.224 e. The second-order valence-corrected chi connectivity index (χ2v) is 7.10. The highest BCUT2D eigenvalue weighted by atomic mass is 32.2. The van der Waals surface area contributed by atoms with Gasteiger partial charge in [0.15, 0.2) is 5.65 Å². The molecule has 1 aliphatic rings. The number of nitrogens with one attached hydrogen (secondary N) is 1. The number of nitrogens with zero attached hydrogens (tertiary/aromatic N) is 5. The Morgan fingerprint density at radius 3 is 2.86 bits per heavy atom. The number of hydrogen-bond acceptors (Lipinski definition) is 7. The summed E-state index contributed by atoms with van der Waals surface area (Å²) in [7, 11) is -1.41. The van der Waals surface area contributed by atoms with Gasteiger partial charge in [0.25, 0.3) is 0 Å². The summed E-state index contributed by atoms with van der Waals surface area (Å²) in [5.41, 5.74) is 1.41. The van der Waals surface area contributed by atoms with Gasteiger partial charge in [-0.3, -0.25) is 0 Å². The van der Waals surface area contributed by atoms with Gasteiger partial charge in [0, 0.05) is 26.7 Å². The van der Waals surface area contributed by atoms with E-state index in [1.165, 1.54) is 4.31 Å². The zero-order chi connectivity index (χ0) is 15.6. The van der Waals surface area contributed by atoms with Crippen molar-refractivity contribution in [1.29, 1.82) is 0 Å². The second-order valence-electron chi connectivity index (χ2n) is 5.01. The molecule has 3 heterocycles. The summed E-state index contributed by atoms with van der Waals surface area (Å²) in [6, 6.07) is 0. The number of aryl methyl sites for hydroxylation is 1. The first-order chi connectivity index (χ1) is 10.6. The number of aromatic nitrogens is 4. The number of anilines is 1. The molecule has 1 N–H and O–H groups in total. The van der Waals surface area contributed by atoms with Crippen LogP contribution in [0.5, 0.6) is 0 Å². The molecule has 22 heavy (non-hydrogen) atoms. The molecule has 0 aromatic carbocycles. The lowest BCUT2D eigenvalue weighted by molar-refractivity contribution is 0.0731. The fraction of sp³-hybridized carbons (Fsp3) is 0.583. The molecule has 2 aromatic heterocycles. The summed E-state index contributed by atoms with van der Waals surface area (Å²) in [6.07, 6.45) is 3.32. The van der Waals surface area contributed by atoms with Crippen LogP contribution in [-0.2, 0) is 21.8 Å². The first-order valence-electron chi connectivity index (χ1n) is 7.00. The van der Waals surface area contributed by atoms with Gasteiger partial charge < -0.3 is 14.6 Å². The van der Waals surface area contributed by atoms with Crippen LogP contribution in [0.25, 0.3) is 11.2 Å². The van der Waals surface area contributed by atoms with Crippen molar-refractivity contribution in [3.8, 4) is 0 Å². The van der Waals surface area contributed by atoms with Crippen molar-refractivity contribution >= 4 is 27.1 Å². The van der Waals surface area contributed by atoms with E-state index in [9.17, 15) is 8.42 Å². The van der Waals surface area contributed by atoms with Crippen LogP contribution in [0, 0.1) is 0 Å². The van der Waals surface area contributed by atoms with Crippen LogP contribution in [-0.4, -0.2) is 70.8 Å². The first kappa shape index (κ1) is 15.1. The predicted molar refractivity (Wildman–Crippen MR) is 81.0 cm³/mol. The average molecular weight is 326 g/mol. The third-order valence-corrected chi connectivity index (χ3v) is 5.36. The van der Waals surface area contributed by atoms with Gasteiger partial charge in [-0.2, -0.15) is 9.29 Å². The Bertz CT molecular complexity index is 753. The molecule has 1 aliphatic heterocycles. The number of rotatable bonds is 5. The van der Waals surface area contributed by atoms with Gasteiger partial charge in [0.05, 0.1) is 31.5 Å². The Morgan fingerprint density at radius 2 is 2.09 bits per heavy atom. The molecule has 0 saturated carbocycles. The average Bonchev–Trinajstić information content (AvgIpc) is 2.89. The number of fused-ring (bicyclic) bond motifs is 1. The molecule has 0 unspecified atom stereocenters. The third kappa shape index (κ3) is 3.18. The number of imidazole rings is 1. The van der Waals surface area contributed by atoms with Crippen LogP contribution in [0.3, 0.4) is 0 Å². The smallest absolute Gasteiger partial charge is 0.224 e. The largest absolute Gasteiger partial charge is 0.379 e. The van der Waals surface area contributed by atoms with E-state index >= 15 is 0 Å². The van der Waals surface area contributed by atoms with Gasteiger partial charge in [-0.1, -0.05) is 0 Å². The molecule has 9 nitrogen and oxygen atoms in total.